The molecule has 2 aliphatic heterocycles. The van der Waals surface area contributed by atoms with Gasteiger partial charge in [0, 0.05) is 42.6 Å². The highest BCUT2D eigenvalue weighted by Crippen LogP contribution is 2.31. The van der Waals surface area contributed by atoms with Crippen LogP contribution in [0, 0.1) is 0 Å². The van der Waals surface area contributed by atoms with E-state index < -0.39 is 0 Å². The van der Waals surface area contributed by atoms with E-state index in [1.165, 1.54) is 11.3 Å². The Morgan fingerprint density at radius 1 is 1.24 bits per heavy atom. The molecule has 8 nitrogen and oxygen atoms in total. The van der Waals surface area contributed by atoms with Gasteiger partial charge >= 0.3 is 6.03 Å². The summed E-state index contributed by atoms with van der Waals surface area (Å²) in [6.07, 6.45) is 8.23. The number of nitrogens with zero attached hydrogens (tertiary/aromatic N) is 4. The molecule has 0 aromatic carbocycles. The van der Waals surface area contributed by atoms with Gasteiger partial charge in [-0.3, -0.25) is 5.32 Å². The van der Waals surface area contributed by atoms with Gasteiger partial charge in [-0.25, -0.2) is 19.7 Å². The van der Waals surface area contributed by atoms with Crippen molar-refractivity contribution in [1.29, 1.82) is 0 Å². The molecule has 1 aliphatic carbocycles. The van der Waals surface area contributed by atoms with Crippen LogP contribution < -0.4 is 15.5 Å². The van der Waals surface area contributed by atoms with Crippen molar-refractivity contribution in [2.75, 3.05) is 30.0 Å². The van der Waals surface area contributed by atoms with Crippen LogP contribution in [0.25, 0.3) is 0 Å². The third kappa shape index (κ3) is 4.20. The molecule has 1 saturated carbocycles. The predicted molar refractivity (Wildman–Crippen MR) is 111 cm³/mol. The van der Waals surface area contributed by atoms with Crippen LogP contribution >= 0.6 is 11.3 Å². The lowest BCUT2D eigenvalue weighted by atomic mass is 9.93. The van der Waals surface area contributed by atoms with Gasteiger partial charge in [-0.15, -0.1) is 0 Å². The number of fused-ring (bicyclic) bond motifs is 1. The van der Waals surface area contributed by atoms with Crippen molar-refractivity contribution >= 4 is 28.4 Å². The van der Waals surface area contributed by atoms with Crippen molar-refractivity contribution in [3.8, 4) is 0 Å². The highest BCUT2D eigenvalue weighted by Gasteiger charge is 2.25. The van der Waals surface area contributed by atoms with Gasteiger partial charge in [-0.05, 0) is 38.2 Å². The van der Waals surface area contributed by atoms with Crippen molar-refractivity contribution in [3.63, 3.8) is 0 Å². The number of amides is 2. The van der Waals surface area contributed by atoms with Gasteiger partial charge in [-0.1, -0.05) is 11.3 Å². The molecule has 1 atom stereocenters. The van der Waals surface area contributed by atoms with Crippen LogP contribution in [-0.4, -0.2) is 46.8 Å². The average Bonchev–Trinajstić information content (AvgIpc) is 3.13. The van der Waals surface area contributed by atoms with Crippen molar-refractivity contribution in [2.45, 2.75) is 57.0 Å². The maximum absolute atomic E-state index is 12.1. The van der Waals surface area contributed by atoms with E-state index in [1.54, 1.807) is 11.3 Å². The lowest BCUT2D eigenvalue weighted by Crippen LogP contribution is -2.41. The fraction of sp³-hybridized carbons (Fsp3) is 0.600. The fourth-order valence-corrected chi connectivity index (χ4v) is 5.03. The van der Waals surface area contributed by atoms with Gasteiger partial charge in [0.05, 0.1) is 24.5 Å². The minimum absolute atomic E-state index is 0.150. The van der Waals surface area contributed by atoms with E-state index in [0.29, 0.717) is 17.1 Å². The molecule has 1 unspecified atom stereocenters. The zero-order valence-corrected chi connectivity index (χ0v) is 17.2. The summed E-state index contributed by atoms with van der Waals surface area (Å²) in [6, 6.07) is 2.18. The molecule has 5 rings (SSSR count). The Labute approximate surface area is 174 Å². The normalized spacial score (nSPS) is 21.9. The number of thiazole rings is 1. The fourth-order valence-electron chi connectivity index (χ4n) is 4.01. The molecule has 29 heavy (non-hydrogen) atoms. The minimum atomic E-state index is -0.150. The zero-order valence-electron chi connectivity index (χ0n) is 16.4. The topological polar surface area (TPSA) is 92.3 Å². The van der Waals surface area contributed by atoms with Crippen LogP contribution in [0.5, 0.6) is 0 Å². The highest BCUT2D eigenvalue weighted by atomic mass is 32.1. The molecule has 0 radical (unpaired) electrons. The standard InChI is InChI=1S/C20H26N6O2S/c27-19(22-14-4-1-5-14)25-20-24-16-7-9-26(11-17(16)29-20)18-21-8-6-15(23-18)13-3-2-10-28-12-13/h6,8,13-14H,1-5,7,9-12H2,(H2,22,24,25,27). The summed E-state index contributed by atoms with van der Waals surface area (Å²) >= 11 is 1.55. The van der Waals surface area contributed by atoms with Gasteiger partial charge in [0.2, 0.25) is 5.95 Å². The number of ether oxygens (including phenoxy) is 1. The largest absolute Gasteiger partial charge is 0.381 e. The van der Waals surface area contributed by atoms with Crippen LogP contribution in [-0.2, 0) is 17.7 Å². The average molecular weight is 415 g/mol. The Kier molecular flexibility index (Phi) is 5.32. The molecule has 3 aliphatic rings. The Morgan fingerprint density at radius 2 is 2.17 bits per heavy atom. The lowest BCUT2D eigenvalue weighted by molar-refractivity contribution is 0.0793. The summed E-state index contributed by atoms with van der Waals surface area (Å²) in [7, 11) is 0. The van der Waals surface area contributed by atoms with Crippen LogP contribution in [0.4, 0.5) is 15.9 Å². The van der Waals surface area contributed by atoms with Crippen molar-refractivity contribution < 1.29 is 9.53 Å². The summed E-state index contributed by atoms with van der Waals surface area (Å²) < 4.78 is 5.62. The van der Waals surface area contributed by atoms with E-state index in [0.717, 1.165) is 75.7 Å². The summed E-state index contributed by atoms with van der Waals surface area (Å²) in [5.74, 6) is 1.13. The number of rotatable bonds is 4. The second-order valence-corrected chi connectivity index (χ2v) is 9.07. The number of anilines is 2. The first-order valence-electron chi connectivity index (χ1n) is 10.5. The molecule has 2 amide bonds. The maximum Gasteiger partial charge on any atom is 0.321 e. The van der Waals surface area contributed by atoms with Crippen LogP contribution in [0.2, 0.25) is 0 Å². The lowest BCUT2D eigenvalue weighted by Gasteiger charge is -2.27. The third-order valence-corrected chi connectivity index (χ3v) is 6.92. The first-order valence-corrected chi connectivity index (χ1v) is 11.3. The van der Waals surface area contributed by atoms with Gasteiger partial charge in [0.15, 0.2) is 5.13 Å². The number of nitrogens with one attached hydrogen (secondary N) is 2. The summed E-state index contributed by atoms with van der Waals surface area (Å²) in [4.78, 5) is 29.5. The van der Waals surface area contributed by atoms with E-state index >= 15 is 0 Å². The number of hydrogen-bond donors (Lipinski definition) is 2. The quantitative estimate of drug-likeness (QED) is 0.799. The van der Waals surface area contributed by atoms with Gasteiger partial charge in [-0.2, -0.15) is 0 Å². The van der Waals surface area contributed by atoms with E-state index in [1.807, 2.05) is 12.3 Å². The van der Waals surface area contributed by atoms with E-state index in [-0.39, 0.29) is 6.03 Å². The number of carbonyl (C=O) groups excluding carboxylic acids is 1. The Bertz CT molecular complexity index is 878. The number of carbonyl (C=O) groups is 1. The molecule has 4 heterocycles. The van der Waals surface area contributed by atoms with Gasteiger partial charge in [0.1, 0.15) is 0 Å². The van der Waals surface area contributed by atoms with Crippen LogP contribution in [0.1, 0.15) is 54.3 Å². The summed E-state index contributed by atoms with van der Waals surface area (Å²) in [5, 5.41) is 6.56. The Balaban J connectivity index is 1.25. The smallest absolute Gasteiger partial charge is 0.321 e. The second-order valence-electron chi connectivity index (χ2n) is 7.98. The van der Waals surface area contributed by atoms with Gasteiger partial charge < -0.3 is 15.0 Å². The Hall–Kier alpha value is -2.26. The van der Waals surface area contributed by atoms with E-state index in [2.05, 4.69) is 25.5 Å². The van der Waals surface area contributed by atoms with Crippen LogP contribution in [0.3, 0.4) is 0 Å². The molecule has 0 spiro atoms. The summed E-state index contributed by atoms with van der Waals surface area (Å²) in [6.45, 7) is 3.15. The van der Waals surface area contributed by atoms with Crippen molar-refractivity contribution in [2.24, 2.45) is 0 Å². The molecule has 1 saturated heterocycles. The number of aromatic nitrogens is 3. The third-order valence-electron chi connectivity index (χ3n) is 5.92. The van der Waals surface area contributed by atoms with Gasteiger partial charge in [0.25, 0.3) is 0 Å². The molecule has 9 heteroatoms. The Morgan fingerprint density at radius 3 is 2.97 bits per heavy atom. The van der Waals surface area contributed by atoms with E-state index in [4.69, 9.17) is 9.72 Å². The first kappa shape index (κ1) is 18.7. The molecular weight excluding hydrogens is 388 g/mol. The molecule has 2 aromatic heterocycles. The van der Waals surface area contributed by atoms with Crippen LogP contribution in [0.15, 0.2) is 12.3 Å². The maximum atomic E-state index is 12.1. The molecule has 2 N–H and O–H groups in total. The first-order chi connectivity index (χ1) is 14.2. The highest BCUT2D eigenvalue weighted by molar-refractivity contribution is 7.15. The number of urea groups is 1. The molecular formula is C20H26N6O2S. The molecule has 2 aromatic rings. The van der Waals surface area contributed by atoms with Crippen molar-refractivity contribution in [1.82, 2.24) is 20.3 Å². The zero-order chi connectivity index (χ0) is 19.6. The molecule has 0 bridgehead atoms. The monoisotopic (exact) mass is 414 g/mol. The van der Waals surface area contributed by atoms with Crippen molar-refractivity contribution in [3.05, 3.63) is 28.5 Å². The SMILES string of the molecule is O=C(Nc1nc2c(s1)CN(c1nccc(C3CCCOC3)n1)CC2)NC1CCC1. The predicted octanol–water partition coefficient (Wildman–Crippen LogP) is 3.06. The second kappa shape index (κ2) is 8.23. The van der Waals surface area contributed by atoms with E-state index in [9.17, 15) is 4.79 Å². The number of hydrogen-bond acceptors (Lipinski definition) is 7. The molecule has 2 fully saturated rings. The summed E-state index contributed by atoms with van der Waals surface area (Å²) in [5.41, 5.74) is 2.14. The molecule has 154 valence electrons. The minimum Gasteiger partial charge on any atom is -0.381 e.